The van der Waals surface area contributed by atoms with E-state index in [-0.39, 0.29) is 16.3 Å². The molecule has 1 heterocycles. The molecule has 2 aromatic rings. The summed E-state index contributed by atoms with van der Waals surface area (Å²) in [7, 11) is 0. The molecule has 4 rings (SSSR count). The first-order valence-corrected chi connectivity index (χ1v) is 11.5. The Hall–Kier alpha value is -1.07. The number of carbonyl (C=O) groups excluding carboxylic acids is 1. The first-order valence-electron chi connectivity index (χ1n) is 9.38. The number of rotatable bonds is 4. The van der Waals surface area contributed by atoms with E-state index in [1.807, 2.05) is 18.2 Å². The van der Waals surface area contributed by atoms with Crippen molar-refractivity contribution in [2.45, 2.75) is 38.0 Å². The van der Waals surface area contributed by atoms with E-state index in [1.54, 1.807) is 24.1 Å². The van der Waals surface area contributed by atoms with Gasteiger partial charge in [0.1, 0.15) is 0 Å². The van der Waals surface area contributed by atoms with Gasteiger partial charge in [-0.3, -0.25) is 4.79 Å². The third kappa shape index (κ3) is 3.97. The molecule has 1 amide bonds. The molecule has 0 unspecified atom stereocenters. The zero-order chi connectivity index (χ0) is 19.9. The number of anilines is 2. The maximum atomic E-state index is 13.0. The summed E-state index contributed by atoms with van der Waals surface area (Å²) in [5.74, 6) is 0.774. The summed E-state index contributed by atoms with van der Waals surface area (Å²) in [5.41, 5.74) is 3.24. The molecular weight excluding hydrogens is 435 g/mol. The third-order valence-electron chi connectivity index (χ3n) is 5.61. The fourth-order valence-corrected chi connectivity index (χ4v) is 5.37. The van der Waals surface area contributed by atoms with E-state index in [0.29, 0.717) is 21.3 Å². The average molecular weight is 456 g/mol. The lowest BCUT2D eigenvalue weighted by atomic mass is 9.66. The molecule has 148 valence electrons. The molecule has 1 aliphatic carbocycles. The standard InChI is InChI=1S/C21H21Cl3N2OS/c1-21(4-2-5-21)13-8-14(22)10-15(9-13)25-20(27)17-11-16(12-18(23)19(17)24)26-6-3-7-28-26/h8-12H,2-7H2,1H3,(H,25,27). The lowest BCUT2D eigenvalue weighted by Crippen LogP contribution is -2.30. The van der Waals surface area contributed by atoms with Gasteiger partial charge in [-0.15, -0.1) is 0 Å². The maximum Gasteiger partial charge on any atom is 0.257 e. The fraction of sp³-hybridized carbons (Fsp3) is 0.381. The molecule has 1 aliphatic heterocycles. The molecule has 2 aromatic carbocycles. The molecule has 0 atom stereocenters. The van der Waals surface area contributed by atoms with Crippen molar-refractivity contribution < 1.29 is 4.79 Å². The summed E-state index contributed by atoms with van der Waals surface area (Å²) in [6.45, 7) is 3.17. The van der Waals surface area contributed by atoms with E-state index in [1.165, 1.54) is 6.42 Å². The van der Waals surface area contributed by atoms with Gasteiger partial charge in [-0.05, 0) is 72.5 Å². The van der Waals surface area contributed by atoms with Crippen LogP contribution in [0.5, 0.6) is 0 Å². The van der Waals surface area contributed by atoms with Crippen LogP contribution in [-0.4, -0.2) is 18.2 Å². The van der Waals surface area contributed by atoms with Crippen LogP contribution in [0, 0.1) is 0 Å². The quantitative estimate of drug-likeness (QED) is 0.495. The SMILES string of the molecule is CC1(c2cc(Cl)cc(NC(=O)c3cc(N4CCCS4)cc(Cl)c3Cl)c2)CCC1. The zero-order valence-electron chi connectivity index (χ0n) is 15.5. The summed E-state index contributed by atoms with van der Waals surface area (Å²) in [5, 5.41) is 4.22. The van der Waals surface area contributed by atoms with Crippen molar-refractivity contribution in [1.29, 1.82) is 0 Å². The topological polar surface area (TPSA) is 32.3 Å². The van der Waals surface area contributed by atoms with E-state index >= 15 is 0 Å². The monoisotopic (exact) mass is 454 g/mol. The zero-order valence-corrected chi connectivity index (χ0v) is 18.6. The minimum absolute atomic E-state index is 0.137. The molecule has 1 saturated heterocycles. The highest BCUT2D eigenvalue weighted by atomic mass is 35.5. The van der Waals surface area contributed by atoms with Gasteiger partial charge in [0.2, 0.25) is 0 Å². The van der Waals surface area contributed by atoms with E-state index < -0.39 is 0 Å². The van der Waals surface area contributed by atoms with Gasteiger partial charge >= 0.3 is 0 Å². The molecular formula is C21H21Cl3N2OS. The van der Waals surface area contributed by atoms with Crippen molar-refractivity contribution in [2.75, 3.05) is 21.9 Å². The van der Waals surface area contributed by atoms with Crippen molar-refractivity contribution in [3.8, 4) is 0 Å². The van der Waals surface area contributed by atoms with Gasteiger partial charge in [-0.2, -0.15) is 0 Å². The van der Waals surface area contributed by atoms with E-state index in [2.05, 4.69) is 16.5 Å². The minimum Gasteiger partial charge on any atom is -0.322 e. The normalized spacial score (nSPS) is 18.1. The summed E-state index contributed by atoms with van der Waals surface area (Å²) >= 11 is 20.7. The smallest absolute Gasteiger partial charge is 0.257 e. The Kier molecular flexibility index (Phi) is 5.76. The van der Waals surface area contributed by atoms with Gasteiger partial charge in [0.25, 0.3) is 5.91 Å². The highest BCUT2D eigenvalue weighted by molar-refractivity contribution is 8.00. The summed E-state index contributed by atoms with van der Waals surface area (Å²) in [4.78, 5) is 13.0. The lowest BCUT2D eigenvalue weighted by molar-refractivity contribution is 0.102. The van der Waals surface area contributed by atoms with E-state index in [0.717, 1.165) is 42.8 Å². The van der Waals surface area contributed by atoms with Crippen molar-refractivity contribution in [1.82, 2.24) is 0 Å². The van der Waals surface area contributed by atoms with Crippen molar-refractivity contribution in [2.24, 2.45) is 0 Å². The molecule has 2 aliphatic rings. The Morgan fingerprint density at radius 3 is 2.54 bits per heavy atom. The molecule has 2 fully saturated rings. The molecule has 0 radical (unpaired) electrons. The van der Waals surface area contributed by atoms with Crippen LogP contribution < -0.4 is 9.62 Å². The Morgan fingerprint density at radius 1 is 1.11 bits per heavy atom. The lowest BCUT2D eigenvalue weighted by Gasteiger charge is -2.39. The Morgan fingerprint density at radius 2 is 1.89 bits per heavy atom. The van der Waals surface area contributed by atoms with Gasteiger partial charge in [0.15, 0.2) is 0 Å². The van der Waals surface area contributed by atoms with Crippen molar-refractivity contribution in [3.05, 3.63) is 56.5 Å². The fourth-order valence-electron chi connectivity index (χ4n) is 3.74. The number of halogens is 3. The van der Waals surface area contributed by atoms with Gasteiger partial charge in [-0.1, -0.05) is 48.1 Å². The number of amides is 1. The Labute approximate surface area is 184 Å². The van der Waals surface area contributed by atoms with Gasteiger partial charge in [-0.25, -0.2) is 0 Å². The summed E-state index contributed by atoms with van der Waals surface area (Å²) in [6, 6.07) is 9.39. The minimum atomic E-state index is -0.287. The van der Waals surface area contributed by atoms with Crippen LogP contribution >= 0.6 is 46.8 Å². The van der Waals surface area contributed by atoms with Gasteiger partial charge in [0.05, 0.1) is 15.6 Å². The van der Waals surface area contributed by atoms with E-state index in [4.69, 9.17) is 34.8 Å². The van der Waals surface area contributed by atoms with Crippen molar-refractivity contribution in [3.63, 3.8) is 0 Å². The first kappa shape index (κ1) is 20.2. The highest BCUT2D eigenvalue weighted by Crippen LogP contribution is 2.44. The largest absolute Gasteiger partial charge is 0.322 e. The molecule has 0 spiro atoms. The number of carbonyl (C=O) groups is 1. The second-order valence-corrected chi connectivity index (χ2v) is 10.0. The predicted octanol–water partition coefficient (Wildman–Crippen LogP) is 7.20. The van der Waals surface area contributed by atoms with Crippen LogP contribution in [0.15, 0.2) is 30.3 Å². The van der Waals surface area contributed by atoms with Crippen LogP contribution in [0.1, 0.15) is 48.5 Å². The van der Waals surface area contributed by atoms with Crippen LogP contribution in [-0.2, 0) is 5.41 Å². The Bertz CT molecular complexity index is 924. The number of nitrogens with zero attached hydrogens (tertiary/aromatic N) is 1. The number of hydrogen-bond acceptors (Lipinski definition) is 3. The predicted molar refractivity (Wildman–Crippen MR) is 121 cm³/mol. The van der Waals surface area contributed by atoms with Crippen LogP contribution in [0.4, 0.5) is 11.4 Å². The van der Waals surface area contributed by atoms with Crippen LogP contribution in [0.2, 0.25) is 15.1 Å². The molecule has 1 saturated carbocycles. The molecule has 1 N–H and O–H groups in total. The van der Waals surface area contributed by atoms with Gasteiger partial charge < -0.3 is 9.62 Å². The van der Waals surface area contributed by atoms with Crippen LogP contribution in [0.3, 0.4) is 0 Å². The summed E-state index contributed by atoms with van der Waals surface area (Å²) < 4.78 is 2.15. The van der Waals surface area contributed by atoms with E-state index in [9.17, 15) is 4.79 Å². The number of nitrogens with one attached hydrogen (secondary N) is 1. The second-order valence-electron chi connectivity index (χ2n) is 7.67. The first-order chi connectivity index (χ1) is 13.4. The maximum absolute atomic E-state index is 13.0. The van der Waals surface area contributed by atoms with Crippen LogP contribution in [0.25, 0.3) is 0 Å². The highest BCUT2D eigenvalue weighted by Gasteiger charge is 2.34. The molecule has 3 nitrogen and oxygen atoms in total. The summed E-state index contributed by atoms with van der Waals surface area (Å²) in [6.07, 6.45) is 4.60. The molecule has 7 heteroatoms. The number of benzene rings is 2. The molecule has 0 bridgehead atoms. The molecule has 0 aromatic heterocycles. The number of hydrogen-bond donors (Lipinski definition) is 1. The Balaban J connectivity index is 1.62. The second kappa shape index (κ2) is 7.98. The van der Waals surface area contributed by atoms with Crippen molar-refractivity contribution >= 4 is 64.0 Å². The van der Waals surface area contributed by atoms with Gasteiger partial charge in [0, 0.05) is 28.7 Å². The average Bonchev–Trinajstić information content (AvgIpc) is 3.16. The molecule has 28 heavy (non-hydrogen) atoms. The third-order valence-corrected chi connectivity index (χ3v) is 7.80.